The van der Waals surface area contributed by atoms with E-state index in [0.29, 0.717) is 25.1 Å². The van der Waals surface area contributed by atoms with Gasteiger partial charge in [0.15, 0.2) is 5.78 Å². The van der Waals surface area contributed by atoms with Gasteiger partial charge in [-0.15, -0.1) is 0 Å². The summed E-state index contributed by atoms with van der Waals surface area (Å²) in [5, 5.41) is 0. The van der Waals surface area contributed by atoms with Gasteiger partial charge in [-0.2, -0.15) is 0 Å². The maximum absolute atomic E-state index is 12.6. The molecular formula is C20H22N2O3. The van der Waals surface area contributed by atoms with E-state index in [1.807, 2.05) is 35.2 Å². The normalized spacial score (nSPS) is 16.8. The smallest absolute Gasteiger partial charge is 0.250 e. The van der Waals surface area contributed by atoms with Crippen molar-refractivity contribution < 1.29 is 9.59 Å². The molecule has 3 rings (SSSR count). The minimum atomic E-state index is -0.104. The van der Waals surface area contributed by atoms with Gasteiger partial charge in [-0.05, 0) is 18.9 Å². The first-order valence-electron chi connectivity index (χ1n) is 8.68. The fraction of sp³-hybridized carbons (Fsp3) is 0.350. The van der Waals surface area contributed by atoms with E-state index in [0.717, 1.165) is 12.8 Å². The maximum atomic E-state index is 12.6. The standard InChI is InChI=1S/C20H22N2O3/c23-18(16-7-2-1-3-8-16)15-17-9-6-13-22(17)20(25)11-14-21-12-5-4-10-19(21)24/h1-5,7-8,10,12,17H,6,9,11,13-15H2. The van der Waals surface area contributed by atoms with E-state index in [-0.39, 0.29) is 29.7 Å². The highest BCUT2D eigenvalue weighted by Crippen LogP contribution is 2.22. The molecule has 0 saturated carbocycles. The molecule has 0 N–H and O–H groups in total. The Hall–Kier alpha value is -2.69. The number of likely N-dealkylation sites (tertiary alicyclic amines) is 1. The lowest BCUT2D eigenvalue weighted by Gasteiger charge is -2.24. The van der Waals surface area contributed by atoms with Crippen molar-refractivity contribution in [3.8, 4) is 0 Å². The molecule has 0 aliphatic carbocycles. The number of benzene rings is 1. The van der Waals surface area contributed by atoms with Gasteiger partial charge in [-0.25, -0.2) is 0 Å². The fourth-order valence-corrected chi connectivity index (χ4v) is 3.34. The topological polar surface area (TPSA) is 59.4 Å². The molecule has 1 unspecified atom stereocenters. The van der Waals surface area contributed by atoms with Crippen molar-refractivity contribution in [2.45, 2.75) is 38.3 Å². The van der Waals surface area contributed by atoms with Gasteiger partial charge in [0.05, 0.1) is 0 Å². The second-order valence-electron chi connectivity index (χ2n) is 6.36. The molecule has 1 atom stereocenters. The van der Waals surface area contributed by atoms with E-state index >= 15 is 0 Å². The van der Waals surface area contributed by atoms with Crippen LogP contribution < -0.4 is 5.56 Å². The van der Waals surface area contributed by atoms with Gasteiger partial charge in [0, 0.05) is 49.8 Å². The summed E-state index contributed by atoms with van der Waals surface area (Å²) in [6.07, 6.45) is 4.11. The van der Waals surface area contributed by atoms with E-state index < -0.39 is 0 Å². The molecule has 0 spiro atoms. The number of carbonyl (C=O) groups is 2. The maximum Gasteiger partial charge on any atom is 0.250 e. The van der Waals surface area contributed by atoms with E-state index in [1.54, 1.807) is 18.3 Å². The third-order valence-corrected chi connectivity index (χ3v) is 4.68. The second-order valence-corrected chi connectivity index (χ2v) is 6.36. The molecule has 1 aliphatic rings. The highest BCUT2D eigenvalue weighted by Gasteiger charge is 2.30. The van der Waals surface area contributed by atoms with Crippen LogP contribution in [0.25, 0.3) is 0 Å². The van der Waals surface area contributed by atoms with Crippen molar-refractivity contribution in [1.29, 1.82) is 0 Å². The van der Waals surface area contributed by atoms with Crippen LogP contribution in [0.15, 0.2) is 59.5 Å². The lowest BCUT2D eigenvalue weighted by Crippen LogP contribution is -2.37. The summed E-state index contributed by atoms with van der Waals surface area (Å²) < 4.78 is 1.54. The van der Waals surface area contributed by atoms with Crippen LogP contribution in [0.2, 0.25) is 0 Å². The zero-order valence-electron chi connectivity index (χ0n) is 14.1. The molecule has 25 heavy (non-hydrogen) atoms. The minimum Gasteiger partial charge on any atom is -0.339 e. The van der Waals surface area contributed by atoms with Crippen LogP contribution in [-0.4, -0.2) is 33.7 Å². The van der Waals surface area contributed by atoms with Crippen LogP contribution >= 0.6 is 0 Å². The van der Waals surface area contributed by atoms with E-state index in [4.69, 9.17) is 0 Å². The number of Topliss-reactive ketones (excluding diaryl/α,β-unsaturated/α-hetero) is 1. The highest BCUT2D eigenvalue weighted by atomic mass is 16.2. The molecule has 5 nitrogen and oxygen atoms in total. The molecule has 1 amide bonds. The number of pyridine rings is 1. The summed E-state index contributed by atoms with van der Waals surface area (Å²) in [5.41, 5.74) is 0.588. The summed E-state index contributed by atoms with van der Waals surface area (Å²) in [4.78, 5) is 38.5. The predicted molar refractivity (Wildman–Crippen MR) is 95.4 cm³/mol. The molecule has 1 fully saturated rings. The van der Waals surface area contributed by atoms with Crippen molar-refractivity contribution in [3.05, 3.63) is 70.6 Å². The van der Waals surface area contributed by atoms with Gasteiger partial charge >= 0.3 is 0 Å². The van der Waals surface area contributed by atoms with Crippen LogP contribution in [-0.2, 0) is 11.3 Å². The van der Waals surface area contributed by atoms with Crippen molar-refractivity contribution in [2.24, 2.45) is 0 Å². The van der Waals surface area contributed by atoms with Gasteiger partial charge < -0.3 is 9.47 Å². The number of carbonyl (C=O) groups excluding carboxylic acids is 2. The molecule has 2 aromatic rings. The third kappa shape index (κ3) is 4.24. The van der Waals surface area contributed by atoms with Gasteiger partial charge in [-0.3, -0.25) is 14.4 Å². The van der Waals surface area contributed by atoms with Crippen molar-refractivity contribution in [1.82, 2.24) is 9.47 Å². The van der Waals surface area contributed by atoms with Gasteiger partial charge in [-0.1, -0.05) is 36.4 Å². The Kier molecular flexibility index (Phi) is 5.43. The summed E-state index contributed by atoms with van der Waals surface area (Å²) in [6.45, 7) is 1.06. The van der Waals surface area contributed by atoms with Crippen LogP contribution in [0.4, 0.5) is 0 Å². The lowest BCUT2D eigenvalue weighted by molar-refractivity contribution is -0.132. The number of hydrogen-bond acceptors (Lipinski definition) is 3. The average molecular weight is 338 g/mol. The Morgan fingerprint density at radius 3 is 2.56 bits per heavy atom. The first-order valence-corrected chi connectivity index (χ1v) is 8.68. The number of aromatic nitrogens is 1. The zero-order chi connectivity index (χ0) is 17.6. The zero-order valence-corrected chi connectivity index (χ0v) is 14.1. The Labute approximate surface area is 146 Å². The molecule has 0 bridgehead atoms. The Bertz CT molecular complexity index is 798. The molecule has 1 aromatic heterocycles. The van der Waals surface area contributed by atoms with Crippen LogP contribution in [0.1, 0.15) is 36.0 Å². The third-order valence-electron chi connectivity index (χ3n) is 4.68. The lowest BCUT2D eigenvalue weighted by atomic mass is 10.0. The Balaban J connectivity index is 1.59. The monoisotopic (exact) mass is 338 g/mol. The summed E-state index contributed by atoms with van der Waals surface area (Å²) in [6, 6.07) is 14.1. The summed E-state index contributed by atoms with van der Waals surface area (Å²) in [7, 11) is 0. The van der Waals surface area contributed by atoms with E-state index in [2.05, 4.69) is 0 Å². The molecule has 130 valence electrons. The molecule has 1 aliphatic heterocycles. The number of hydrogen-bond donors (Lipinski definition) is 0. The van der Waals surface area contributed by atoms with Gasteiger partial charge in [0.1, 0.15) is 0 Å². The van der Waals surface area contributed by atoms with Crippen molar-refractivity contribution in [2.75, 3.05) is 6.54 Å². The number of rotatable bonds is 6. The average Bonchev–Trinajstić information content (AvgIpc) is 3.09. The van der Waals surface area contributed by atoms with E-state index in [1.165, 1.54) is 10.6 Å². The summed E-state index contributed by atoms with van der Waals surface area (Å²) >= 11 is 0. The number of aryl methyl sites for hydroxylation is 1. The van der Waals surface area contributed by atoms with Crippen LogP contribution in [0, 0.1) is 0 Å². The molecule has 2 heterocycles. The molecule has 1 aromatic carbocycles. The predicted octanol–water partition coefficient (Wildman–Crippen LogP) is 2.50. The van der Waals surface area contributed by atoms with Crippen molar-refractivity contribution in [3.63, 3.8) is 0 Å². The van der Waals surface area contributed by atoms with Crippen LogP contribution in [0.3, 0.4) is 0 Å². The molecule has 0 radical (unpaired) electrons. The first-order chi connectivity index (χ1) is 12.1. The number of amides is 1. The molecule has 1 saturated heterocycles. The Morgan fingerprint density at radius 1 is 1.04 bits per heavy atom. The SMILES string of the molecule is O=C(CC1CCCN1C(=O)CCn1ccccc1=O)c1ccccc1. The minimum absolute atomic E-state index is 0.0131. The first kappa shape index (κ1) is 17.1. The summed E-state index contributed by atoms with van der Waals surface area (Å²) in [5.74, 6) is 0.0868. The van der Waals surface area contributed by atoms with Gasteiger partial charge in [0.25, 0.3) is 5.56 Å². The number of ketones is 1. The largest absolute Gasteiger partial charge is 0.339 e. The Morgan fingerprint density at radius 2 is 1.80 bits per heavy atom. The second kappa shape index (κ2) is 7.92. The molecule has 5 heteroatoms. The quantitative estimate of drug-likeness (QED) is 0.761. The van der Waals surface area contributed by atoms with E-state index in [9.17, 15) is 14.4 Å². The highest BCUT2D eigenvalue weighted by molar-refractivity contribution is 5.96. The van der Waals surface area contributed by atoms with Crippen LogP contribution in [0.5, 0.6) is 0 Å². The fourth-order valence-electron chi connectivity index (χ4n) is 3.34. The number of nitrogens with zero attached hydrogens (tertiary/aromatic N) is 2. The molecular weight excluding hydrogens is 316 g/mol. The van der Waals surface area contributed by atoms with Gasteiger partial charge in [0.2, 0.25) is 5.91 Å². The van der Waals surface area contributed by atoms with Crippen molar-refractivity contribution >= 4 is 11.7 Å².